The van der Waals surface area contributed by atoms with E-state index in [0.717, 1.165) is 5.56 Å². The number of hydrogen-bond donors (Lipinski definition) is 2. The summed E-state index contributed by atoms with van der Waals surface area (Å²) in [4.78, 5) is 0. The van der Waals surface area contributed by atoms with Crippen molar-refractivity contribution in [3.05, 3.63) is 60.4 Å². The molecule has 0 aliphatic rings. The molecule has 3 aromatic rings. The molecule has 0 saturated carbocycles. The van der Waals surface area contributed by atoms with Gasteiger partial charge in [-0.2, -0.15) is 5.10 Å². The fourth-order valence-electron chi connectivity index (χ4n) is 2.20. The summed E-state index contributed by atoms with van der Waals surface area (Å²) in [6.07, 6.45) is 3.11. The van der Waals surface area contributed by atoms with E-state index >= 15 is 0 Å². The molecule has 5 heteroatoms. The van der Waals surface area contributed by atoms with Crippen LogP contribution in [0.4, 0.5) is 0 Å². The van der Waals surface area contributed by atoms with Crippen molar-refractivity contribution in [3.63, 3.8) is 0 Å². The molecule has 1 aromatic heterocycles. The summed E-state index contributed by atoms with van der Waals surface area (Å²) < 4.78 is 1.70. The number of nitrogens with zero attached hydrogens (tertiary/aromatic N) is 2. The first kappa shape index (κ1) is 12.0. The molecule has 0 unspecified atom stereocenters. The van der Waals surface area contributed by atoms with Gasteiger partial charge in [-0.25, -0.2) is 0 Å². The van der Waals surface area contributed by atoms with Crippen LogP contribution in [0.2, 0.25) is 0 Å². The third-order valence-electron chi connectivity index (χ3n) is 3.16. The zero-order valence-electron chi connectivity index (χ0n) is 10.3. The Morgan fingerprint density at radius 1 is 1.05 bits per heavy atom. The first-order chi connectivity index (χ1) is 9.24. The predicted octanol–water partition coefficient (Wildman–Crippen LogP) is 0.764. The Morgan fingerprint density at radius 2 is 1.84 bits per heavy atom. The Kier molecular flexibility index (Phi) is 3.07. The van der Waals surface area contributed by atoms with E-state index < -0.39 is 7.12 Å². The van der Waals surface area contributed by atoms with E-state index in [-0.39, 0.29) is 0 Å². The Balaban J connectivity index is 1.96. The molecule has 0 fully saturated rings. The number of aromatic nitrogens is 2. The number of benzene rings is 2. The van der Waals surface area contributed by atoms with Crippen LogP contribution in [0.3, 0.4) is 0 Å². The molecule has 2 aromatic carbocycles. The third kappa shape index (κ3) is 2.38. The van der Waals surface area contributed by atoms with E-state index in [0.29, 0.717) is 12.0 Å². The highest BCUT2D eigenvalue weighted by Crippen LogP contribution is 2.18. The quantitative estimate of drug-likeness (QED) is 0.677. The smallest absolute Gasteiger partial charge is 0.423 e. The fraction of sp³-hybridized carbons (Fsp3) is 0.0714. The molecule has 3 rings (SSSR count). The zero-order chi connectivity index (χ0) is 13.2. The summed E-state index contributed by atoms with van der Waals surface area (Å²) >= 11 is 0. The Morgan fingerprint density at radius 3 is 2.63 bits per heavy atom. The van der Waals surface area contributed by atoms with E-state index in [4.69, 9.17) is 10.0 Å². The average molecular weight is 252 g/mol. The lowest BCUT2D eigenvalue weighted by molar-refractivity contribution is 0.425. The molecule has 94 valence electrons. The molecular formula is C14H13BN2O2. The second-order valence-corrected chi connectivity index (χ2v) is 4.48. The van der Waals surface area contributed by atoms with Crippen LogP contribution in [0.5, 0.6) is 0 Å². The van der Waals surface area contributed by atoms with Crippen molar-refractivity contribution >= 4 is 23.4 Å². The first-order valence-electron chi connectivity index (χ1n) is 6.09. The largest absolute Gasteiger partial charge is 0.491 e. The van der Waals surface area contributed by atoms with Gasteiger partial charge < -0.3 is 10.0 Å². The van der Waals surface area contributed by atoms with Crippen molar-refractivity contribution in [2.75, 3.05) is 0 Å². The molecule has 0 radical (unpaired) electrons. The lowest BCUT2D eigenvalue weighted by Crippen LogP contribution is -2.28. The van der Waals surface area contributed by atoms with Crippen molar-refractivity contribution < 1.29 is 10.0 Å². The fourth-order valence-corrected chi connectivity index (χ4v) is 2.20. The van der Waals surface area contributed by atoms with Gasteiger partial charge in [0.2, 0.25) is 0 Å². The number of hydrogen-bond acceptors (Lipinski definition) is 3. The molecule has 4 nitrogen and oxygen atoms in total. The molecule has 0 aliphatic heterocycles. The molecular weight excluding hydrogens is 239 g/mol. The van der Waals surface area contributed by atoms with Crippen molar-refractivity contribution in [1.82, 2.24) is 9.78 Å². The van der Waals surface area contributed by atoms with Gasteiger partial charge in [0.05, 0.1) is 6.54 Å². The van der Waals surface area contributed by atoms with Crippen molar-refractivity contribution in [1.29, 1.82) is 0 Å². The Labute approximate surface area is 111 Å². The van der Waals surface area contributed by atoms with Gasteiger partial charge in [0, 0.05) is 17.9 Å². The zero-order valence-corrected chi connectivity index (χ0v) is 10.3. The number of rotatable bonds is 3. The standard InChI is InChI=1S/C14H13BN2O2/c18-15(19)13-8-16-17(10-13)9-12-6-3-5-11-4-1-2-7-14(11)12/h1-8,10,18-19H,9H2. The van der Waals surface area contributed by atoms with Crippen LogP contribution < -0.4 is 5.46 Å². The number of fused-ring (bicyclic) bond motifs is 1. The van der Waals surface area contributed by atoms with Crippen LogP contribution >= 0.6 is 0 Å². The van der Waals surface area contributed by atoms with Crippen molar-refractivity contribution in [3.8, 4) is 0 Å². The highest BCUT2D eigenvalue weighted by molar-refractivity contribution is 6.58. The van der Waals surface area contributed by atoms with Gasteiger partial charge >= 0.3 is 7.12 Å². The van der Waals surface area contributed by atoms with Gasteiger partial charge in [0.1, 0.15) is 0 Å². The lowest BCUT2D eigenvalue weighted by atomic mass is 9.83. The van der Waals surface area contributed by atoms with Crippen LogP contribution in [0, 0.1) is 0 Å². The normalized spacial score (nSPS) is 10.8. The minimum atomic E-state index is -1.47. The summed E-state index contributed by atoms with van der Waals surface area (Å²) in [5, 5.41) is 24.7. The van der Waals surface area contributed by atoms with Crippen LogP contribution in [-0.2, 0) is 6.54 Å². The molecule has 0 saturated heterocycles. The molecule has 19 heavy (non-hydrogen) atoms. The third-order valence-corrected chi connectivity index (χ3v) is 3.16. The second kappa shape index (κ2) is 4.88. The first-order valence-corrected chi connectivity index (χ1v) is 6.09. The van der Waals surface area contributed by atoms with Crippen LogP contribution in [0.25, 0.3) is 10.8 Å². The van der Waals surface area contributed by atoms with Gasteiger partial charge in [-0.15, -0.1) is 0 Å². The molecule has 0 aliphatic carbocycles. The summed E-state index contributed by atoms with van der Waals surface area (Å²) in [7, 11) is -1.47. The topological polar surface area (TPSA) is 58.3 Å². The van der Waals surface area contributed by atoms with Crippen LogP contribution in [-0.4, -0.2) is 26.9 Å². The Bertz CT molecular complexity index is 704. The molecule has 0 spiro atoms. The molecule has 0 bridgehead atoms. The highest BCUT2D eigenvalue weighted by atomic mass is 16.4. The molecule has 2 N–H and O–H groups in total. The van der Waals surface area contributed by atoms with E-state index in [1.807, 2.05) is 18.2 Å². The lowest BCUT2D eigenvalue weighted by Gasteiger charge is -2.06. The molecule has 0 atom stereocenters. The summed E-state index contributed by atoms with van der Waals surface area (Å²) in [5.41, 5.74) is 1.56. The van der Waals surface area contributed by atoms with E-state index in [2.05, 4.69) is 29.4 Å². The maximum Gasteiger partial charge on any atom is 0.491 e. The van der Waals surface area contributed by atoms with Crippen molar-refractivity contribution in [2.45, 2.75) is 6.54 Å². The highest BCUT2D eigenvalue weighted by Gasteiger charge is 2.13. The van der Waals surface area contributed by atoms with Gasteiger partial charge in [0.25, 0.3) is 0 Å². The summed E-state index contributed by atoms with van der Waals surface area (Å²) in [6.45, 7) is 0.605. The van der Waals surface area contributed by atoms with Gasteiger partial charge in [-0.1, -0.05) is 42.5 Å². The van der Waals surface area contributed by atoms with Gasteiger partial charge in [-0.3, -0.25) is 4.68 Å². The van der Waals surface area contributed by atoms with E-state index in [1.165, 1.54) is 17.0 Å². The van der Waals surface area contributed by atoms with Crippen molar-refractivity contribution in [2.24, 2.45) is 0 Å². The maximum atomic E-state index is 9.08. The van der Waals surface area contributed by atoms with Gasteiger partial charge in [0.15, 0.2) is 0 Å². The second-order valence-electron chi connectivity index (χ2n) is 4.48. The SMILES string of the molecule is OB(O)c1cnn(Cc2cccc3ccccc23)c1. The summed E-state index contributed by atoms with van der Waals surface area (Å²) in [5.74, 6) is 0. The van der Waals surface area contributed by atoms with Crippen LogP contribution in [0.15, 0.2) is 54.9 Å². The summed E-state index contributed by atoms with van der Waals surface area (Å²) in [6, 6.07) is 14.3. The maximum absolute atomic E-state index is 9.08. The van der Waals surface area contributed by atoms with Crippen LogP contribution in [0.1, 0.15) is 5.56 Å². The predicted molar refractivity (Wildman–Crippen MR) is 75.1 cm³/mol. The minimum absolute atomic E-state index is 0.403. The minimum Gasteiger partial charge on any atom is -0.423 e. The van der Waals surface area contributed by atoms with E-state index in [1.54, 1.807) is 10.9 Å². The monoisotopic (exact) mass is 252 g/mol. The van der Waals surface area contributed by atoms with E-state index in [9.17, 15) is 0 Å². The molecule has 0 amide bonds. The average Bonchev–Trinajstić information content (AvgIpc) is 2.88. The molecule has 1 heterocycles. The Hall–Kier alpha value is -2.11. The van der Waals surface area contributed by atoms with Gasteiger partial charge in [-0.05, 0) is 16.3 Å².